The summed E-state index contributed by atoms with van der Waals surface area (Å²) in [5, 5.41) is 50.8. The van der Waals surface area contributed by atoms with E-state index < -0.39 is 37.1 Å². The number of benzene rings is 2. The van der Waals surface area contributed by atoms with Crippen molar-refractivity contribution in [2.75, 3.05) is 6.61 Å². The number of para-hydroxylation sites is 1. The molecule has 7 heteroatoms. The molecule has 5 N–H and O–H groups in total. The number of hydrogen-bond acceptors (Lipinski definition) is 6. The van der Waals surface area contributed by atoms with Crippen molar-refractivity contribution in [2.24, 2.45) is 0 Å². The van der Waals surface area contributed by atoms with Gasteiger partial charge in [0, 0.05) is 23.7 Å². The molecule has 0 amide bonds. The van der Waals surface area contributed by atoms with E-state index >= 15 is 0 Å². The molecule has 0 saturated carbocycles. The van der Waals surface area contributed by atoms with Crippen LogP contribution < -0.4 is 0 Å². The van der Waals surface area contributed by atoms with E-state index in [0.717, 1.165) is 22.0 Å². The van der Waals surface area contributed by atoms with Crippen molar-refractivity contribution < 1.29 is 30.3 Å². The predicted molar refractivity (Wildman–Crippen MR) is 107 cm³/mol. The lowest BCUT2D eigenvalue weighted by Crippen LogP contribution is -2.55. The highest BCUT2D eigenvalue weighted by molar-refractivity contribution is 5.87. The first kappa shape index (κ1) is 19.9. The predicted octanol–water partition coefficient (Wildman–Crippen LogP) is 1.22. The van der Waals surface area contributed by atoms with Crippen LogP contribution in [0.4, 0.5) is 0 Å². The highest BCUT2D eigenvalue weighted by Gasteiger charge is 2.44. The lowest BCUT2D eigenvalue weighted by molar-refractivity contribution is -0.231. The Balaban J connectivity index is 1.79. The molecule has 154 valence electrons. The summed E-state index contributed by atoms with van der Waals surface area (Å²) in [5.41, 5.74) is 3.67. The molecule has 7 nitrogen and oxygen atoms in total. The molecular weight excluding hydrogens is 374 g/mol. The molecule has 0 radical (unpaired) electrons. The van der Waals surface area contributed by atoms with E-state index in [9.17, 15) is 25.5 Å². The van der Waals surface area contributed by atoms with Gasteiger partial charge in [0.1, 0.15) is 36.3 Å². The Morgan fingerprint density at radius 2 is 1.69 bits per heavy atom. The number of ether oxygens (including phenoxy) is 1. The molecule has 3 aromatic rings. The van der Waals surface area contributed by atoms with Crippen LogP contribution in [0.1, 0.15) is 22.8 Å². The third kappa shape index (κ3) is 3.52. The first-order valence-corrected chi connectivity index (χ1v) is 9.57. The standard InChI is InChI=1S/C22H25NO6/c1-12-3-2-4-15-16(22-21(28)20(27)19(26)17(11-24)29-22)10-23(18(12)15)9-13-5-7-14(25)8-6-13/h2-8,10,17,19-22,24-28H,9,11H2,1H3/t17-,19-,20+,21-,22+/m1/s1. The highest BCUT2D eigenvalue weighted by atomic mass is 16.5. The molecule has 0 spiro atoms. The van der Waals surface area contributed by atoms with Crippen molar-refractivity contribution >= 4 is 10.9 Å². The third-order valence-corrected chi connectivity index (χ3v) is 5.62. The van der Waals surface area contributed by atoms with Crippen molar-refractivity contribution in [3.05, 3.63) is 65.4 Å². The van der Waals surface area contributed by atoms with Gasteiger partial charge < -0.3 is 34.8 Å². The van der Waals surface area contributed by atoms with E-state index in [1.54, 1.807) is 12.1 Å². The molecule has 1 aliphatic heterocycles. The highest BCUT2D eigenvalue weighted by Crippen LogP contribution is 2.38. The minimum absolute atomic E-state index is 0.198. The second kappa shape index (κ2) is 7.78. The zero-order valence-corrected chi connectivity index (χ0v) is 16.0. The van der Waals surface area contributed by atoms with Crippen LogP contribution in [0.25, 0.3) is 10.9 Å². The number of fused-ring (bicyclic) bond motifs is 1. The minimum atomic E-state index is -1.42. The Morgan fingerprint density at radius 1 is 0.966 bits per heavy atom. The van der Waals surface area contributed by atoms with Gasteiger partial charge in [-0.15, -0.1) is 0 Å². The molecule has 1 fully saturated rings. The van der Waals surface area contributed by atoms with Crippen LogP contribution in [0.2, 0.25) is 0 Å². The van der Waals surface area contributed by atoms with Crippen LogP contribution in [0, 0.1) is 6.92 Å². The minimum Gasteiger partial charge on any atom is -0.508 e. The molecular formula is C22H25NO6. The van der Waals surface area contributed by atoms with Gasteiger partial charge in [0.15, 0.2) is 0 Å². The van der Waals surface area contributed by atoms with Crippen LogP contribution >= 0.6 is 0 Å². The van der Waals surface area contributed by atoms with Gasteiger partial charge >= 0.3 is 0 Å². The van der Waals surface area contributed by atoms with Crippen molar-refractivity contribution in [1.29, 1.82) is 0 Å². The Bertz CT molecular complexity index is 996. The number of aliphatic hydroxyl groups excluding tert-OH is 4. The second-order valence-corrected chi connectivity index (χ2v) is 7.60. The van der Waals surface area contributed by atoms with Gasteiger partial charge in [-0.3, -0.25) is 0 Å². The number of phenols is 1. The van der Waals surface area contributed by atoms with E-state index in [1.165, 1.54) is 0 Å². The second-order valence-electron chi connectivity index (χ2n) is 7.60. The summed E-state index contributed by atoms with van der Waals surface area (Å²) in [6, 6.07) is 12.8. The normalized spacial score (nSPS) is 27.4. The molecule has 0 unspecified atom stereocenters. The Labute approximate surface area is 168 Å². The largest absolute Gasteiger partial charge is 0.508 e. The molecule has 4 rings (SSSR count). The number of aryl methyl sites for hydroxylation is 1. The van der Waals surface area contributed by atoms with E-state index in [2.05, 4.69) is 0 Å². The molecule has 5 atom stereocenters. The SMILES string of the molecule is Cc1cccc2c([C@@H]3O[C@H](CO)[C@@H](O)[C@H](O)[C@H]3O)cn(Cc3ccc(O)cc3)c12. The summed E-state index contributed by atoms with van der Waals surface area (Å²) < 4.78 is 7.82. The summed E-state index contributed by atoms with van der Waals surface area (Å²) >= 11 is 0. The van der Waals surface area contributed by atoms with E-state index in [0.29, 0.717) is 12.1 Å². The molecule has 0 bridgehead atoms. The molecule has 0 aliphatic carbocycles. The Hall–Kier alpha value is -2.42. The lowest BCUT2D eigenvalue weighted by atomic mass is 9.91. The van der Waals surface area contributed by atoms with Crippen LogP contribution in [-0.4, -0.2) is 61.1 Å². The Morgan fingerprint density at radius 3 is 2.38 bits per heavy atom. The van der Waals surface area contributed by atoms with Gasteiger partial charge in [-0.2, -0.15) is 0 Å². The summed E-state index contributed by atoms with van der Waals surface area (Å²) in [5.74, 6) is 0.198. The topological polar surface area (TPSA) is 115 Å². The van der Waals surface area contributed by atoms with Crippen LogP contribution in [0.15, 0.2) is 48.7 Å². The molecule has 1 saturated heterocycles. The fourth-order valence-electron chi connectivity index (χ4n) is 4.08. The molecule has 29 heavy (non-hydrogen) atoms. The first-order chi connectivity index (χ1) is 13.9. The number of nitrogens with zero attached hydrogens (tertiary/aromatic N) is 1. The third-order valence-electron chi connectivity index (χ3n) is 5.62. The van der Waals surface area contributed by atoms with Gasteiger partial charge in [0.2, 0.25) is 0 Å². The molecule has 1 aliphatic rings. The number of aromatic nitrogens is 1. The maximum atomic E-state index is 10.6. The zero-order valence-electron chi connectivity index (χ0n) is 16.0. The number of aromatic hydroxyl groups is 1. The maximum Gasteiger partial charge on any atom is 0.115 e. The van der Waals surface area contributed by atoms with E-state index in [1.807, 2.05) is 48.0 Å². The van der Waals surface area contributed by atoms with E-state index in [4.69, 9.17) is 4.74 Å². The van der Waals surface area contributed by atoms with Crippen LogP contribution in [0.5, 0.6) is 5.75 Å². The first-order valence-electron chi connectivity index (χ1n) is 9.57. The van der Waals surface area contributed by atoms with E-state index in [-0.39, 0.29) is 5.75 Å². The number of aliphatic hydroxyl groups is 4. The smallest absolute Gasteiger partial charge is 0.115 e. The summed E-state index contributed by atoms with van der Waals surface area (Å²) in [7, 11) is 0. The van der Waals surface area contributed by atoms with Gasteiger partial charge in [0.25, 0.3) is 0 Å². The zero-order chi connectivity index (χ0) is 20.7. The number of hydrogen-bond donors (Lipinski definition) is 5. The average molecular weight is 399 g/mol. The Kier molecular flexibility index (Phi) is 5.33. The summed E-state index contributed by atoms with van der Waals surface area (Å²) in [6.45, 7) is 2.07. The number of rotatable bonds is 4. The average Bonchev–Trinajstić information content (AvgIpc) is 3.08. The lowest BCUT2D eigenvalue weighted by Gasteiger charge is -2.40. The van der Waals surface area contributed by atoms with Crippen molar-refractivity contribution in [3.8, 4) is 5.75 Å². The van der Waals surface area contributed by atoms with Crippen molar-refractivity contribution in [2.45, 2.75) is 44.0 Å². The summed E-state index contributed by atoms with van der Waals surface area (Å²) in [4.78, 5) is 0. The van der Waals surface area contributed by atoms with Gasteiger partial charge in [-0.05, 0) is 30.2 Å². The fraction of sp³-hybridized carbons (Fsp3) is 0.364. The van der Waals surface area contributed by atoms with Crippen molar-refractivity contribution in [3.63, 3.8) is 0 Å². The number of phenolic OH excluding ortho intramolecular Hbond substituents is 1. The molecule has 2 heterocycles. The fourth-order valence-corrected chi connectivity index (χ4v) is 4.08. The van der Waals surface area contributed by atoms with Gasteiger partial charge in [-0.25, -0.2) is 0 Å². The maximum absolute atomic E-state index is 10.6. The quantitative estimate of drug-likeness (QED) is 0.451. The monoisotopic (exact) mass is 399 g/mol. The summed E-state index contributed by atoms with van der Waals surface area (Å²) in [6.07, 6.45) is -4.13. The van der Waals surface area contributed by atoms with Crippen LogP contribution in [-0.2, 0) is 11.3 Å². The van der Waals surface area contributed by atoms with Gasteiger partial charge in [-0.1, -0.05) is 30.3 Å². The molecule has 2 aromatic carbocycles. The molecule has 1 aromatic heterocycles. The van der Waals surface area contributed by atoms with Crippen LogP contribution in [0.3, 0.4) is 0 Å². The van der Waals surface area contributed by atoms with Gasteiger partial charge in [0.05, 0.1) is 12.1 Å². The van der Waals surface area contributed by atoms with Crippen molar-refractivity contribution in [1.82, 2.24) is 4.57 Å².